The summed E-state index contributed by atoms with van der Waals surface area (Å²) in [5.41, 5.74) is 1.08. The van der Waals surface area contributed by atoms with E-state index in [1.54, 1.807) is 24.3 Å². The van der Waals surface area contributed by atoms with Gasteiger partial charge in [0.25, 0.3) is 0 Å². The van der Waals surface area contributed by atoms with Crippen LogP contribution in [0.3, 0.4) is 0 Å². The SMILES string of the molecule is O=S(=O)(c1ccccc1Cl)[C@@H]1CC[C@H](OCc2ccc(Br)cc2)C1. The quantitative estimate of drug-likeness (QED) is 0.670. The summed E-state index contributed by atoms with van der Waals surface area (Å²) < 4.78 is 32.5. The van der Waals surface area contributed by atoms with Crippen LogP contribution in [0.2, 0.25) is 5.02 Å². The molecule has 6 heteroatoms. The van der Waals surface area contributed by atoms with Crippen LogP contribution in [0.4, 0.5) is 0 Å². The molecule has 0 saturated heterocycles. The third-order valence-corrected chi connectivity index (χ3v) is 7.56. The molecule has 3 rings (SSSR count). The first kappa shape index (κ1) is 17.9. The predicted octanol–water partition coefficient (Wildman–Crippen LogP) is 5.01. The molecular weight excluding hydrogens is 412 g/mol. The van der Waals surface area contributed by atoms with Gasteiger partial charge in [-0.25, -0.2) is 8.42 Å². The summed E-state index contributed by atoms with van der Waals surface area (Å²) in [6.07, 6.45) is 1.85. The molecule has 0 aliphatic heterocycles. The van der Waals surface area contributed by atoms with Gasteiger partial charge in [0.05, 0.1) is 27.9 Å². The van der Waals surface area contributed by atoms with Gasteiger partial charge in [0, 0.05) is 4.47 Å². The molecule has 0 N–H and O–H groups in total. The van der Waals surface area contributed by atoms with Gasteiger partial charge in [-0.1, -0.05) is 51.8 Å². The molecule has 0 bridgehead atoms. The first-order valence-electron chi connectivity index (χ1n) is 7.81. The van der Waals surface area contributed by atoms with Crippen molar-refractivity contribution in [3.8, 4) is 0 Å². The molecule has 2 aromatic carbocycles. The molecule has 1 aliphatic carbocycles. The largest absolute Gasteiger partial charge is 0.373 e. The van der Waals surface area contributed by atoms with E-state index in [0.717, 1.165) is 16.5 Å². The van der Waals surface area contributed by atoms with Crippen molar-refractivity contribution in [3.63, 3.8) is 0 Å². The molecule has 0 unspecified atom stereocenters. The topological polar surface area (TPSA) is 43.4 Å². The van der Waals surface area contributed by atoms with Crippen molar-refractivity contribution in [1.29, 1.82) is 0 Å². The maximum absolute atomic E-state index is 12.8. The lowest BCUT2D eigenvalue weighted by atomic mass is 10.2. The molecule has 0 aromatic heterocycles. The van der Waals surface area contributed by atoms with E-state index in [1.165, 1.54) is 0 Å². The summed E-state index contributed by atoms with van der Waals surface area (Å²) in [6.45, 7) is 0.497. The predicted molar refractivity (Wildman–Crippen MR) is 99.0 cm³/mol. The summed E-state index contributed by atoms with van der Waals surface area (Å²) in [6, 6.07) is 14.6. The minimum atomic E-state index is -3.41. The lowest BCUT2D eigenvalue weighted by molar-refractivity contribution is 0.0458. The van der Waals surface area contributed by atoms with E-state index in [0.29, 0.717) is 19.4 Å². The number of halogens is 2. The molecule has 0 amide bonds. The molecule has 0 spiro atoms. The summed E-state index contributed by atoms with van der Waals surface area (Å²) in [5, 5.41) is -0.135. The second-order valence-electron chi connectivity index (χ2n) is 5.97. The van der Waals surface area contributed by atoms with Crippen molar-refractivity contribution in [3.05, 3.63) is 63.6 Å². The van der Waals surface area contributed by atoms with Crippen LogP contribution in [0, 0.1) is 0 Å². The van der Waals surface area contributed by atoms with Crippen molar-refractivity contribution >= 4 is 37.4 Å². The van der Waals surface area contributed by atoms with Crippen LogP contribution in [0.25, 0.3) is 0 Å². The monoisotopic (exact) mass is 428 g/mol. The van der Waals surface area contributed by atoms with Gasteiger partial charge in [-0.05, 0) is 49.1 Å². The highest BCUT2D eigenvalue weighted by atomic mass is 79.9. The third-order valence-electron chi connectivity index (χ3n) is 4.32. The summed E-state index contributed by atoms with van der Waals surface area (Å²) >= 11 is 9.47. The Balaban J connectivity index is 1.62. The van der Waals surface area contributed by atoms with Gasteiger partial charge in [0.15, 0.2) is 9.84 Å². The van der Waals surface area contributed by atoms with E-state index >= 15 is 0 Å². The van der Waals surface area contributed by atoms with Gasteiger partial charge >= 0.3 is 0 Å². The number of ether oxygens (including phenoxy) is 1. The number of hydrogen-bond donors (Lipinski definition) is 0. The standard InChI is InChI=1S/C18H18BrClO3S/c19-14-7-5-13(6-8-14)12-23-15-9-10-16(11-15)24(21,22)18-4-2-1-3-17(18)20/h1-8,15-16H,9-12H2/t15-,16+/m0/s1. The van der Waals surface area contributed by atoms with Gasteiger partial charge in [-0.15, -0.1) is 0 Å². The van der Waals surface area contributed by atoms with E-state index in [-0.39, 0.29) is 16.0 Å². The Hall–Kier alpha value is -0.880. The van der Waals surface area contributed by atoms with Crippen LogP contribution < -0.4 is 0 Å². The lowest BCUT2D eigenvalue weighted by Gasteiger charge is -2.14. The number of sulfone groups is 1. The van der Waals surface area contributed by atoms with Crippen molar-refractivity contribution in [1.82, 2.24) is 0 Å². The molecule has 24 heavy (non-hydrogen) atoms. The molecule has 1 saturated carbocycles. The fourth-order valence-corrected chi connectivity index (χ4v) is 5.59. The van der Waals surface area contributed by atoms with E-state index in [2.05, 4.69) is 15.9 Å². The normalized spacial score (nSPS) is 21.1. The van der Waals surface area contributed by atoms with Crippen molar-refractivity contribution < 1.29 is 13.2 Å². The van der Waals surface area contributed by atoms with Crippen LogP contribution in [0.5, 0.6) is 0 Å². The highest BCUT2D eigenvalue weighted by molar-refractivity contribution is 9.10. The van der Waals surface area contributed by atoms with Gasteiger partial charge in [-0.2, -0.15) is 0 Å². The average molecular weight is 430 g/mol. The Morgan fingerprint density at radius 1 is 1.08 bits per heavy atom. The highest BCUT2D eigenvalue weighted by Gasteiger charge is 2.36. The van der Waals surface area contributed by atoms with E-state index in [9.17, 15) is 8.42 Å². The lowest BCUT2D eigenvalue weighted by Crippen LogP contribution is -2.20. The maximum atomic E-state index is 12.8. The molecule has 0 heterocycles. The molecule has 0 radical (unpaired) electrons. The van der Waals surface area contributed by atoms with Crippen molar-refractivity contribution in [2.75, 3.05) is 0 Å². The smallest absolute Gasteiger partial charge is 0.182 e. The van der Waals surface area contributed by atoms with Crippen LogP contribution in [0.1, 0.15) is 24.8 Å². The van der Waals surface area contributed by atoms with Crippen LogP contribution in [0.15, 0.2) is 57.9 Å². The molecular formula is C18H18BrClO3S. The Bertz CT molecular complexity index is 805. The first-order chi connectivity index (χ1) is 11.5. The van der Waals surface area contributed by atoms with E-state index < -0.39 is 15.1 Å². The Morgan fingerprint density at radius 2 is 1.79 bits per heavy atom. The Morgan fingerprint density at radius 3 is 2.50 bits per heavy atom. The van der Waals surface area contributed by atoms with Crippen molar-refractivity contribution in [2.24, 2.45) is 0 Å². The summed E-state index contributed by atoms with van der Waals surface area (Å²) in [4.78, 5) is 0.227. The zero-order valence-electron chi connectivity index (χ0n) is 13.0. The van der Waals surface area contributed by atoms with Gasteiger partial charge < -0.3 is 4.74 Å². The zero-order chi connectivity index (χ0) is 17.2. The third kappa shape index (κ3) is 4.02. The molecule has 1 aliphatic rings. The second kappa shape index (κ2) is 7.56. The highest BCUT2D eigenvalue weighted by Crippen LogP contribution is 2.34. The first-order valence-corrected chi connectivity index (χ1v) is 10.5. The molecule has 2 atom stereocenters. The summed E-state index contributed by atoms with van der Waals surface area (Å²) in [7, 11) is -3.41. The minimum Gasteiger partial charge on any atom is -0.373 e. The second-order valence-corrected chi connectivity index (χ2v) is 9.49. The van der Waals surface area contributed by atoms with Crippen LogP contribution >= 0.6 is 27.5 Å². The molecule has 3 nitrogen and oxygen atoms in total. The van der Waals surface area contributed by atoms with E-state index in [4.69, 9.17) is 16.3 Å². The summed E-state index contributed by atoms with van der Waals surface area (Å²) in [5.74, 6) is 0. The Kier molecular flexibility index (Phi) is 5.65. The molecule has 1 fully saturated rings. The van der Waals surface area contributed by atoms with Crippen LogP contribution in [-0.2, 0) is 21.2 Å². The minimum absolute atomic E-state index is 0.0316. The molecule has 128 valence electrons. The Labute approximate surface area is 156 Å². The van der Waals surface area contributed by atoms with Gasteiger partial charge in [0.2, 0.25) is 0 Å². The fourth-order valence-electron chi connectivity index (χ4n) is 2.98. The maximum Gasteiger partial charge on any atom is 0.182 e. The van der Waals surface area contributed by atoms with Crippen molar-refractivity contribution in [2.45, 2.75) is 42.1 Å². The van der Waals surface area contributed by atoms with Gasteiger partial charge in [-0.3, -0.25) is 0 Å². The number of benzene rings is 2. The zero-order valence-corrected chi connectivity index (χ0v) is 16.1. The van der Waals surface area contributed by atoms with E-state index in [1.807, 2.05) is 24.3 Å². The fraction of sp³-hybridized carbons (Fsp3) is 0.333. The number of rotatable bonds is 5. The van der Waals surface area contributed by atoms with Crippen LogP contribution in [-0.4, -0.2) is 19.8 Å². The molecule has 2 aromatic rings. The average Bonchev–Trinajstić information content (AvgIpc) is 3.04. The number of hydrogen-bond acceptors (Lipinski definition) is 3. The van der Waals surface area contributed by atoms with Gasteiger partial charge in [0.1, 0.15) is 0 Å².